The first kappa shape index (κ1) is 20.1. The van der Waals surface area contributed by atoms with Crippen LogP contribution in [0.25, 0.3) is 0 Å². The maximum absolute atomic E-state index is 11.8. The Bertz CT molecular complexity index is 1030. The summed E-state index contributed by atoms with van der Waals surface area (Å²) in [4.78, 5) is 11.8. The molecule has 1 aliphatic heterocycles. The van der Waals surface area contributed by atoms with E-state index in [4.69, 9.17) is 4.74 Å². The van der Waals surface area contributed by atoms with E-state index in [0.717, 1.165) is 47.1 Å². The van der Waals surface area contributed by atoms with Crippen LogP contribution < -0.4 is 15.4 Å². The van der Waals surface area contributed by atoms with E-state index in [2.05, 4.69) is 74.6 Å². The van der Waals surface area contributed by atoms with Gasteiger partial charge < -0.3 is 15.4 Å². The van der Waals surface area contributed by atoms with Crippen molar-refractivity contribution in [3.63, 3.8) is 0 Å². The second-order valence-electron chi connectivity index (χ2n) is 7.88. The first-order valence-electron chi connectivity index (χ1n) is 10.6. The van der Waals surface area contributed by atoms with Crippen molar-refractivity contribution in [2.24, 2.45) is 5.92 Å². The molecular weight excluding hydrogens is 372 g/mol. The number of fused-ring (bicyclic) bond motifs is 2. The number of anilines is 2. The molecule has 4 nitrogen and oxygen atoms in total. The summed E-state index contributed by atoms with van der Waals surface area (Å²) in [7, 11) is 0. The Balaban J connectivity index is 1.93. The van der Waals surface area contributed by atoms with Gasteiger partial charge in [-0.1, -0.05) is 18.2 Å². The fourth-order valence-corrected chi connectivity index (χ4v) is 4.47. The number of carbonyl (C=O) groups excluding carboxylic acids is 1. The Labute approximate surface area is 178 Å². The Hall–Kier alpha value is -3.23. The maximum Gasteiger partial charge on any atom is 0.133 e. The summed E-state index contributed by atoms with van der Waals surface area (Å²) in [6.07, 6.45) is 7.88. The first-order valence-corrected chi connectivity index (χ1v) is 10.6. The first-order chi connectivity index (χ1) is 14.6. The number of nitrogens with one attached hydrogen (secondary N) is 2. The lowest BCUT2D eigenvalue weighted by molar-refractivity contribution is 0.433. The number of allylic oxidation sites excluding steroid dienone is 5. The number of rotatable bonds is 5. The van der Waals surface area contributed by atoms with Crippen molar-refractivity contribution < 1.29 is 9.53 Å². The van der Waals surface area contributed by atoms with E-state index in [0.29, 0.717) is 5.57 Å². The summed E-state index contributed by atoms with van der Waals surface area (Å²) in [5.41, 5.74) is 7.36. The van der Waals surface area contributed by atoms with E-state index >= 15 is 0 Å². The quantitative estimate of drug-likeness (QED) is 0.613. The van der Waals surface area contributed by atoms with Gasteiger partial charge in [-0.15, -0.1) is 0 Å². The molecule has 154 valence electrons. The molecule has 0 saturated heterocycles. The summed E-state index contributed by atoms with van der Waals surface area (Å²) in [6, 6.07) is 8.57. The highest BCUT2D eigenvalue weighted by Gasteiger charge is 2.35. The smallest absolute Gasteiger partial charge is 0.133 e. The van der Waals surface area contributed by atoms with Crippen molar-refractivity contribution in [1.82, 2.24) is 0 Å². The standard InChI is InChI=1S/C26H28N2O2/c1-5-27-22-13-24-20(11-16(22)3)26(19-10-8-7-9-18(19)15-29)21-12-17(4)23(28-6-2)14-25(21)30-24/h7-14,19,26-28H,5-6H2,1-4H3. The van der Waals surface area contributed by atoms with Crippen LogP contribution >= 0.6 is 0 Å². The van der Waals surface area contributed by atoms with E-state index in [1.165, 1.54) is 11.1 Å². The fraction of sp³-hybridized carbons (Fsp3) is 0.308. The third-order valence-electron chi connectivity index (χ3n) is 5.88. The van der Waals surface area contributed by atoms with Crippen molar-refractivity contribution in [2.75, 3.05) is 23.7 Å². The molecule has 0 amide bonds. The van der Waals surface area contributed by atoms with Crippen LogP contribution in [0.5, 0.6) is 11.5 Å². The van der Waals surface area contributed by atoms with Crippen LogP contribution in [0.2, 0.25) is 0 Å². The van der Waals surface area contributed by atoms with Crippen LogP contribution in [-0.4, -0.2) is 19.0 Å². The topological polar surface area (TPSA) is 50.4 Å². The predicted molar refractivity (Wildman–Crippen MR) is 124 cm³/mol. The molecule has 2 aromatic rings. The Kier molecular flexibility index (Phi) is 5.52. The summed E-state index contributed by atoms with van der Waals surface area (Å²) in [6.45, 7) is 10.1. The maximum atomic E-state index is 11.8. The van der Waals surface area contributed by atoms with Gasteiger partial charge in [-0.05, 0) is 57.0 Å². The van der Waals surface area contributed by atoms with Gasteiger partial charge in [0.15, 0.2) is 0 Å². The summed E-state index contributed by atoms with van der Waals surface area (Å²) in [5.74, 6) is 3.76. The minimum atomic E-state index is -0.0809. The van der Waals surface area contributed by atoms with Crippen molar-refractivity contribution in [3.8, 4) is 11.5 Å². The number of hydrogen-bond donors (Lipinski definition) is 2. The molecule has 2 N–H and O–H groups in total. The van der Waals surface area contributed by atoms with E-state index in [1.807, 2.05) is 18.2 Å². The van der Waals surface area contributed by atoms with Gasteiger partial charge in [0, 0.05) is 65.1 Å². The highest BCUT2D eigenvalue weighted by Crippen LogP contribution is 2.52. The molecule has 4 rings (SSSR count). The molecule has 1 aliphatic carbocycles. The largest absolute Gasteiger partial charge is 0.457 e. The number of hydrogen-bond acceptors (Lipinski definition) is 4. The van der Waals surface area contributed by atoms with E-state index < -0.39 is 0 Å². The van der Waals surface area contributed by atoms with Gasteiger partial charge in [-0.2, -0.15) is 0 Å². The molecule has 0 spiro atoms. The highest BCUT2D eigenvalue weighted by molar-refractivity contribution is 5.69. The monoisotopic (exact) mass is 400 g/mol. The summed E-state index contributed by atoms with van der Waals surface area (Å²) in [5, 5.41) is 6.84. The molecule has 1 heterocycles. The summed E-state index contributed by atoms with van der Waals surface area (Å²) >= 11 is 0. The van der Waals surface area contributed by atoms with Gasteiger partial charge in [-0.3, -0.25) is 0 Å². The van der Waals surface area contributed by atoms with Crippen LogP contribution in [0.15, 0.2) is 54.1 Å². The van der Waals surface area contributed by atoms with Gasteiger partial charge in [-0.25, -0.2) is 4.79 Å². The fourth-order valence-electron chi connectivity index (χ4n) is 4.47. The van der Waals surface area contributed by atoms with Crippen molar-refractivity contribution in [1.29, 1.82) is 0 Å². The van der Waals surface area contributed by atoms with Crippen LogP contribution in [0, 0.1) is 19.8 Å². The van der Waals surface area contributed by atoms with Gasteiger partial charge in [0.2, 0.25) is 0 Å². The molecule has 30 heavy (non-hydrogen) atoms. The Morgan fingerprint density at radius 3 is 1.97 bits per heavy atom. The van der Waals surface area contributed by atoms with Crippen LogP contribution in [-0.2, 0) is 4.79 Å². The van der Waals surface area contributed by atoms with E-state index in [9.17, 15) is 4.79 Å². The SMILES string of the molecule is CCNc1cc2c(cc1C)C(C1C=CC=CC1=C=O)c1cc(C)c(NCC)cc1O2. The van der Waals surface area contributed by atoms with Crippen LogP contribution in [0.3, 0.4) is 0 Å². The molecule has 2 aliphatic rings. The molecule has 0 saturated carbocycles. The average Bonchev–Trinajstić information content (AvgIpc) is 2.74. The molecule has 0 aromatic heterocycles. The third kappa shape index (κ3) is 3.44. The van der Waals surface area contributed by atoms with Gasteiger partial charge >= 0.3 is 0 Å². The second kappa shape index (κ2) is 8.25. The van der Waals surface area contributed by atoms with E-state index in [-0.39, 0.29) is 11.8 Å². The van der Waals surface area contributed by atoms with E-state index in [1.54, 1.807) is 0 Å². The van der Waals surface area contributed by atoms with Crippen molar-refractivity contribution >= 4 is 17.3 Å². The number of ether oxygens (including phenoxy) is 1. The summed E-state index contributed by atoms with van der Waals surface area (Å²) < 4.78 is 6.42. The van der Waals surface area contributed by atoms with Crippen molar-refractivity contribution in [3.05, 3.63) is 76.4 Å². The van der Waals surface area contributed by atoms with Crippen molar-refractivity contribution in [2.45, 2.75) is 33.6 Å². The molecule has 2 aromatic carbocycles. The number of benzene rings is 2. The predicted octanol–water partition coefficient (Wildman–Crippen LogP) is 5.90. The Morgan fingerprint density at radius 2 is 1.47 bits per heavy atom. The molecule has 0 bridgehead atoms. The lowest BCUT2D eigenvalue weighted by Gasteiger charge is -2.34. The molecule has 4 heteroatoms. The Morgan fingerprint density at radius 1 is 0.900 bits per heavy atom. The molecule has 1 unspecified atom stereocenters. The number of aryl methyl sites for hydroxylation is 2. The lowest BCUT2D eigenvalue weighted by atomic mass is 9.73. The minimum Gasteiger partial charge on any atom is -0.457 e. The molecule has 0 radical (unpaired) electrons. The third-order valence-corrected chi connectivity index (χ3v) is 5.88. The molecule has 1 atom stereocenters. The minimum absolute atomic E-state index is 0.00912. The van der Waals surface area contributed by atoms with Crippen LogP contribution in [0.4, 0.5) is 11.4 Å². The molecular formula is C26H28N2O2. The normalized spacial score (nSPS) is 17.1. The van der Waals surface area contributed by atoms with Gasteiger partial charge in [0.05, 0.1) is 0 Å². The lowest BCUT2D eigenvalue weighted by Crippen LogP contribution is -2.21. The zero-order valence-electron chi connectivity index (χ0n) is 18.0. The highest BCUT2D eigenvalue weighted by atomic mass is 16.5. The van der Waals surface area contributed by atoms with Gasteiger partial charge in [0.1, 0.15) is 17.4 Å². The molecule has 0 fully saturated rings. The second-order valence-corrected chi connectivity index (χ2v) is 7.88. The average molecular weight is 401 g/mol. The van der Waals surface area contributed by atoms with Crippen LogP contribution in [0.1, 0.15) is 42.0 Å². The van der Waals surface area contributed by atoms with Gasteiger partial charge in [0.25, 0.3) is 0 Å². The zero-order valence-corrected chi connectivity index (χ0v) is 18.0. The zero-order chi connectivity index (χ0) is 21.3.